The molecule has 8 heteroatoms. The van der Waals surface area contributed by atoms with Crippen LogP contribution in [0.3, 0.4) is 0 Å². The summed E-state index contributed by atoms with van der Waals surface area (Å²) in [5, 5.41) is 22.9. The molecular weight excluding hydrogens is 448 g/mol. The first-order chi connectivity index (χ1) is 16.2. The molecule has 172 valence electrons. The third-order valence-electron chi connectivity index (χ3n) is 6.71. The number of anilines is 2. The molecule has 0 bridgehead atoms. The molecule has 2 aliphatic carbocycles. The van der Waals surface area contributed by atoms with Gasteiger partial charge in [0.25, 0.3) is 0 Å². The second-order valence-corrected chi connectivity index (χ2v) is 9.03. The van der Waals surface area contributed by atoms with Crippen LogP contribution in [-0.2, 0) is 0 Å². The van der Waals surface area contributed by atoms with Crippen molar-refractivity contribution in [2.75, 3.05) is 5.32 Å². The van der Waals surface area contributed by atoms with Gasteiger partial charge in [-0.05, 0) is 80.0 Å². The Morgan fingerprint density at radius 1 is 1.00 bits per heavy atom. The van der Waals surface area contributed by atoms with Crippen molar-refractivity contribution in [3.05, 3.63) is 66.1 Å². The van der Waals surface area contributed by atoms with Gasteiger partial charge in [0, 0.05) is 11.8 Å². The van der Waals surface area contributed by atoms with Crippen molar-refractivity contribution in [1.29, 1.82) is 5.26 Å². The Kier molecular flexibility index (Phi) is 5.94. The molecule has 4 aromatic rings. The van der Waals surface area contributed by atoms with Gasteiger partial charge in [-0.1, -0.05) is 6.07 Å². The second kappa shape index (κ2) is 9.05. The van der Waals surface area contributed by atoms with Gasteiger partial charge in [0.1, 0.15) is 11.6 Å². The van der Waals surface area contributed by atoms with E-state index >= 15 is 0 Å². The summed E-state index contributed by atoms with van der Waals surface area (Å²) in [6.45, 7) is 0. The molecule has 2 saturated carbocycles. The first-order valence-corrected chi connectivity index (χ1v) is 11.5. The second-order valence-electron chi connectivity index (χ2n) is 9.03. The summed E-state index contributed by atoms with van der Waals surface area (Å²) in [7, 11) is 0. The zero-order valence-electron chi connectivity index (χ0n) is 18.6. The van der Waals surface area contributed by atoms with Crippen LogP contribution in [-0.4, -0.2) is 30.7 Å². The third kappa shape index (κ3) is 4.23. The molecule has 34 heavy (non-hydrogen) atoms. The average Bonchev–Trinajstić information content (AvgIpc) is 3.49. The van der Waals surface area contributed by atoms with Crippen molar-refractivity contribution in [2.24, 2.45) is 0 Å². The lowest BCUT2D eigenvalue weighted by Crippen LogP contribution is -2.17. The van der Waals surface area contributed by atoms with E-state index in [1.807, 2.05) is 12.4 Å². The Labute approximate surface area is 203 Å². The number of imidazole rings is 1. The highest BCUT2D eigenvalue weighted by Crippen LogP contribution is 2.42. The van der Waals surface area contributed by atoms with Crippen LogP contribution in [0.2, 0.25) is 0 Å². The fraction of sp³-hybridized carbons (Fsp3) is 0.308. The molecular formula is C26H25ClN6O. The molecule has 0 radical (unpaired) electrons. The fourth-order valence-electron chi connectivity index (χ4n) is 4.81. The van der Waals surface area contributed by atoms with E-state index in [-0.39, 0.29) is 24.6 Å². The van der Waals surface area contributed by atoms with E-state index in [1.54, 1.807) is 18.3 Å². The van der Waals surface area contributed by atoms with Gasteiger partial charge in [-0.25, -0.2) is 15.0 Å². The molecule has 2 fully saturated rings. The molecule has 6 rings (SSSR count). The van der Waals surface area contributed by atoms with Gasteiger partial charge in [0.05, 0.1) is 46.8 Å². The zero-order valence-corrected chi connectivity index (χ0v) is 19.4. The number of aliphatic hydroxyl groups excluding tert-OH is 1. The highest BCUT2D eigenvalue weighted by atomic mass is 35.5. The summed E-state index contributed by atoms with van der Waals surface area (Å²) in [6, 6.07) is 16.1. The molecule has 2 N–H and O–H groups in total. The fourth-order valence-corrected chi connectivity index (χ4v) is 4.81. The number of pyridine rings is 2. The van der Waals surface area contributed by atoms with Crippen molar-refractivity contribution in [2.45, 2.75) is 50.2 Å². The van der Waals surface area contributed by atoms with Crippen LogP contribution < -0.4 is 5.32 Å². The van der Waals surface area contributed by atoms with E-state index < -0.39 is 0 Å². The molecule has 3 heterocycles. The highest BCUT2D eigenvalue weighted by molar-refractivity contribution is 5.85. The van der Waals surface area contributed by atoms with E-state index in [4.69, 9.17) is 4.98 Å². The number of nitrogens with zero attached hydrogens (tertiary/aromatic N) is 5. The number of aliphatic hydroxyl groups is 1. The van der Waals surface area contributed by atoms with Crippen LogP contribution in [0.15, 0.2) is 55.0 Å². The maximum Gasteiger partial charge on any atom is 0.132 e. The predicted octanol–water partition coefficient (Wildman–Crippen LogP) is 5.49. The van der Waals surface area contributed by atoms with E-state index in [0.717, 1.165) is 47.4 Å². The molecule has 1 aromatic carbocycles. The standard InChI is InChI=1S/C26H24N6O.ClH/c27-14-16-8-9-28-25(10-16)31-26-13-19(17-4-5-17)11-21(30-26)18-6-7-20-23(12-18)32(15-29-20)22-2-1-3-24(22)33;/h6-13,15,17,22,24,33H,1-5H2,(H,28,30,31);1H/t22-,24-;/m0./s1. The van der Waals surface area contributed by atoms with Crippen molar-refractivity contribution >= 4 is 35.1 Å². The van der Waals surface area contributed by atoms with E-state index in [0.29, 0.717) is 17.3 Å². The van der Waals surface area contributed by atoms with Gasteiger partial charge in [-0.3, -0.25) is 0 Å². The van der Waals surface area contributed by atoms with Crippen molar-refractivity contribution < 1.29 is 5.11 Å². The Bertz CT molecular complexity index is 1390. The lowest BCUT2D eigenvalue weighted by Gasteiger charge is -2.17. The molecule has 2 atom stereocenters. The summed E-state index contributed by atoms with van der Waals surface area (Å²) in [5.74, 6) is 1.88. The molecule has 2 aliphatic rings. The minimum atomic E-state index is -0.324. The molecule has 0 saturated heterocycles. The molecule has 0 aliphatic heterocycles. The minimum Gasteiger partial charge on any atom is -0.391 e. The lowest BCUT2D eigenvalue weighted by molar-refractivity contribution is 0.138. The SMILES string of the molecule is Cl.N#Cc1ccnc(Nc2cc(C3CC3)cc(-c3ccc4ncn([C@H]5CCC[C@@H]5O)c4c3)n2)c1. The molecule has 7 nitrogen and oxygen atoms in total. The number of benzene rings is 1. The number of hydrogen-bond acceptors (Lipinski definition) is 6. The number of rotatable bonds is 5. The molecule has 0 unspecified atom stereocenters. The van der Waals surface area contributed by atoms with Crippen LogP contribution in [0.1, 0.15) is 55.2 Å². The number of nitriles is 1. The van der Waals surface area contributed by atoms with Gasteiger partial charge in [-0.15, -0.1) is 12.4 Å². The Morgan fingerprint density at radius 3 is 2.65 bits per heavy atom. The van der Waals surface area contributed by atoms with Gasteiger partial charge in [0.15, 0.2) is 0 Å². The predicted molar refractivity (Wildman–Crippen MR) is 133 cm³/mol. The molecule has 0 spiro atoms. The monoisotopic (exact) mass is 472 g/mol. The summed E-state index contributed by atoms with van der Waals surface area (Å²) in [5.41, 5.74) is 5.67. The minimum absolute atomic E-state index is 0. The van der Waals surface area contributed by atoms with E-state index in [2.05, 4.69) is 50.2 Å². The highest BCUT2D eigenvalue weighted by Gasteiger charge is 2.28. The van der Waals surface area contributed by atoms with Crippen LogP contribution in [0, 0.1) is 11.3 Å². The van der Waals surface area contributed by atoms with Crippen LogP contribution in [0.5, 0.6) is 0 Å². The first kappa shape index (κ1) is 22.3. The smallest absolute Gasteiger partial charge is 0.132 e. The van der Waals surface area contributed by atoms with Crippen LogP contribution in [0.25, 0.3) is 22.3 Å². The van der Waals surface area contributed by atoms with Gasteiger partial charge >= 0.3 is 0 Å². The number of hydrogen-bond donors (Lipinski definition) is 2. The number of fused-ring (bicyclic) bond motifs is 1. The largest absolute Gasteiger partial charge is 0.391 e. The molecule has 0 amide bonds. The average molecular weight is 473 g/mol. The van der Waals surface area contributed by atoms with Gasteiger partial charge < -0.3 is 15.0 Å². The van der Waals surface area contributed by atoms with Crippen molar-refractivity contribution in [1.82, 2.24) is 19.5 Å². The van der Waals surface area contributed by atoms with Crippen LogP contribution >= 0.6 is 12.4 Å². The normalized spacial score (nSPS) is 19.5. The maximum absolute atomic E-state index is 10.4. The maximum atomic E-state index is 10.4. The first-order valence-electron chi connectivity index (χ1n) is 11.5. The lowest BCUT2D eigenvalue weighted by atomic mass is 10.1. The van der Waals surface area contributed by atoms with Gasteiger partial charge in [0.2, 0.25) is 0 Å². The Balaban J connectivity index is 0.00000241. The third-order valence-corrected chi connectivity index (χ3v) is 6.71. The Hall–Kier alpha value is -3.47. The summed E-state index contributed by atoms with van der Waals surface area (Å²) in [4.78, 5) is 13.8. The molecule has 3 aromatic heterocycles. The summed E-state index contributed by atoms with van der Waals surface area (Å²) < 4.78 is 2.12. The quantitative estimate of drug-likeness (QED) is 0.398. The number of aromatic nitrogens is 4. The number of halogens is 1. The van der Waals surface area contributed by atoms with Crippen molar-refractivity contribution in [3.8, 4) is 17.3 Å². The summed E-state index contributed by atoms with van der Waals surface area (Å²) in [6.07, 6.45) is 8.37. The van der Waals surface area contributed by atoms with Crippen molar-refractivity contribution in [3.63, 3.8) is 0 Å². The zero-order chi connectivity index (χ0) is 22.4. The van der Waals surface area contributed by atoms with E-state index in [1.165, 1.54) is 18.4 Å². The van der Waals surface area contributed by atoms with E-state index in [9.17, 15) is 10.4 Å². The Morgan fingerprint density at radius 2 is 1.88 bits per heavy atom. The number of nitrogens with one attached hydrogen (secondary N) is 1. The van der Waals surface area contributed by atoms with Gasteiger partial charge in [-0.2, -0.15) is 5.26 Å². The van der Waals surface area contributed by atoms with Crippen LogP contribution in [0.4, 0.5) is 11.6 Å². The summed E-state index contributed by atoms with van der Waals surface area (Å²) >= 11 is 0. The topological polar surface area (TPSA) is 99.7 Å².